The molecule has 0 aliphatic rings. The van der Waals surface area contributed by atoms with Gasteiger partial charge in [0.15, 0.2) is 11.5 Å². The Kier molecular flexibility index (Phi) is 5.42. The van der Waals surface area contributed by atoms with Gasteiger partial charge >= 0.3 is 11.8 Å². The highest BCUT2D eigenvalue weighted by Crippen LogP contribution is 2.16. The van der Waals surface area contributed by atoms with Crippen LogP contribution in [-0.2, 0) is 17.8 Å². The van der Waals surface area contributed by atoms with Gasteiger partial charge in [0.2, 0.25) is 0 Å². The predicted octanol–water partition coefficient (Wildman–Crippen LogP) is 1.16. The highest BCUT2D eigenvalue weighted by molar-refractivity contribution is 5.92. The second-order valence-corrected chi connectivity index (χ2v) is 5.56. The van der Waals surface area contributed by atoms with Gasteiger partial charge in [-0.3, -0.25) is 13.9 Å². The van der Waals surface area contributed by atoms with Gasteiger partial charge in [-0.25, -0.2) is 9.59 Å². The van der Waals surface area contributed by atoms with Crippen molar-refractivity contribution in [3.05, 3.63) is 20.8 Å². The molecule has 2 N–H and O–H groups in total. The molecule has 0 saturated heterocycles. The molecule has 9 nitrogen and oxygen atoms in total. The molecule has 0 atom stereocenters. The van der Waals surface area contributed by atoms with Crippen LogP contribution < -0.4 is 17.0 Å². The zero-order valence-corrected chi connectivity index (χ0v) is 14.2. The van der Waals surface area contributed by atoms with E-state index < -0.39 is 17.3 Å². The fourth-order valence-corrected chi connectivity index (χ4v) is 2.58. The molecule has 0 unspecified atom stereocenters. The first-order valence-electron chi connectivity index (χ1n) is 8.08. The molecular formula is C15H23N5O4. The Morgan fingerprint density at radius 2 is 1.71 bits per heavy atom. The summed E-state index contributed by atoms with van der Waals surface area (Å²) in [7, 11) is 1.20. The minimum absolute atomic E-state index is 0.0761. The quantitative estimate of drug-likeness (QED) is 0.846. The van der Waals surface area contributed by atoms with Crippen molar-refractivity contribution in [1.82, 2.24) is 18.9 Å². The molecule has 0 spiro atoms. The molecule has 0 amide bonds. The minimum atomic E-state index is -0.799. The molecule has 9 heteroatoms. The van der Waals surface area contributed by atoms with Crippen molar-refractivity contribution in [3.8, 4) is 0 Å². The summed E-state index contributed by atoms with van der Waals surface area (Å²) in [4.78, 5) is 37.4. The fourth-order valence-electron chi connectivity index (χ4n) is 2.58. The van der Waals surface area contributed by atoms with Gasteiger partial charge in [0.25, 0.3) is 5.56 Å². The number of anilines is 1. The van der Waals surface area contributed by atoms with Gasteiger partial charge in [-0.2, -0.15) is 0 Å². The number of nitrogens with zero attached hydrogens (tertiary/aromatic N) is 4. The van der Waals surface area contributed by atoms with Crippen molar-refractivity contribution in [1.29, 1.82) is 0 Å². The van der Waals surface area contributed by atoms with Crippen molar-refractivity contribution in [2.45, 2.75) is 52.6 Å². The third-order valence-corrected chi connectivity index (χ3v) is 3.88. The zero-order chi connectivity index (χ0) is 17.9. The lowest BCUT2D eigenvalue weighted by Gasteiger charge is -2.12. The number of aryl methyl sites for hydroxylation is 1. The van der Waals surface area contributed by atoms with Crippen LogP contribution in [0.15, 0.2) is 9.59 Å². The van der Waals surface area contributed by atoms with Crippen LogP contribution >= 0.6 is 0 Å². The van der Waals surface area contributed by atoms with Gasteiger partial charge in [0, 0.05) is 13.1 Å². The average Bonchev–Trinajstić information content (AvgIpc) is 2.91. The van der Waals surface area contributed by atoms with Crippen molar-refractivity contribution in [3.63, 3.8) is 0 Å². The highest BCUT2D eigenvalue weighted by Gasteiger charge is 2.23. The van der Waals surface area contributed by atoms with Crippen LogP contribution in [0.25, 0.3) is 11.0 Å². The largest absolute Gasteiger partial charge is 0.451 e. The molecule has 0 aliphatic carbocycles. The molecule has 0 aromatic carbocycles. The zero-order valence-electron chi connectivity index (χ0n) is 14.2. The number of ether oxygens (including phenoxy) is 1. The Balaban J connectivity index is 2.86. The van der Waals surface area contributed by atoms with Gasteiger partial charge in [0.1, 0.15) is 5.39 Å². The number of unbranched alkanes of at least 4 members (excludes halogenated alkanes) is 2. The molecule has 0 radical (unpaired) electrons. The molecule has 24 heavy (non-hydrogen) atoms. The molecule has 132 valence electrons. The Labute approximate surface area is 138 Å². The van der Waals surface area contributed by atoms with Crippen LogP contribution in [0.2, 0.25) is 0 Å². The summed E-state index contributed by atoms with van der Waals surface area (Å²) in [6, 6.07) is 0. The summed E-state index contributed by atoms with van der Waals surface area (Å²) >= 11 is 0. The van der Waals surface area contributed by atoms with E-state index in [0.29, 0.717) is 25.9 Å². The Bertz CT molecular complexity index is 861. The summed E-state index contributed by atoms with van der Waals surface area (Å²) in [5, 5.41) is 3.98. The molecule has 2 aromatic rings. The number of carbonyl (C=O) groups is 1. The van der Waals surface area contributed by atoms with E-state index in [0.717, 1.165) is 17.5 Å². The molecule has 0 bridgehead atoms. The first kappa shape index (κ1) is 17.8. The number of nitrogen functional groups attached to an aromatic ring is 1. The fraction of sp³-hybridized carbons (Fsp3) is 0.600. The number of carbonyl (C=O) groups excluding carboxylic acids is 1. The summed E-state index contributed by atoms with van der Waals surface area (Å²) in [5.74, 6) is -0.0871. The van der Waals surface area contributed by atoms with Crippen LogP contribution in [0.3, 0.4) is 0 Å². The van der Waals surface area contributed by atoms with Gasteiger partial charge in [0.05, 0.1) is 7.11 Å². The van der Waals surface area contributed by atoms with Crippen molar-refractivity contribution >= 4 is 22.9 Å². The summed E-state index contributed by atoms with van der Waals surface area (Å²) in [6.07, 6.45) is 2.30. The first-order valence-corrected chi connectivity index (χ1v) is 8.08. The van der Waals surface area contributed by atoms with Gasteiger partial charge < -0.3 is 10.5 Å². The highest BCUT2D eigenvalue weighted by atomic mass is 16.5. The third kappa shape index (κ3) is 2.93. The number of hydrogen-bond acceptors (Lipinski definition) is 6. The Hall–Kier alpha value is -2.58. The lowest BCUT2D eigenvalue weighted by molar-refractivity contribution is 0.170. The summed E-state index contributed by atoms with van der Waals surface area (Å²) in [5.41, 5.74) is 4.96. The number of aromatic nitrogens is 4. The maximum absolute atomic E-state index is 12.8. The van der Waals surface area contributed by atoms with E-state index in [4.69, 9.17) is 5.73 Å². The molecule has 2 aromatic heterocycles. The molecule has 0 fully saturated rings. The van der Waals surface area contributed by atoms with Crippen LogP contribution in [0.1, 0.15) is 39.5 Å². The lowest BCUT2D eigenvalue weighted by Crippen LogP contribution is -2.41. The van der Waals surface area contributed by atoms with Crippen LogP contribution in [0, 0.1) is 0 Å². The average molecular weight is 337 g/mol. The molecule has 2 rings (SSSR count). The van der Waals surface area contributed by atoms with Gasteiger partial charge in [-0.15, -0.1) is 9.78 Å². The Morgan fingerprint density at radius 1 is 1.12 bits per heavy atom. The number of hydrogen-bond donors (Lipinski definition) is 1. The van der Waals surface area contributed by atoms with E-state index in [9.17, 15) is 14.4 Å². The summed E-state index contributed by atoms with van der Waals surface area (Å²) < 4.78 is 8.11. The standard InChI is InChI=1S/C15H23N5O4/c1-4-6-8-18-12-10(11(16)17-20(12)15(23)24-3)13(21)19(14(18)22)9-7-5-2/h4-9H2,1-3H3,(H2,16,17). The number of methoxy groups -OCH3 is 1. The predicted molar refractivity (Wildman–Crippen MR) is 90.3 cm³/mol. The van der Waals surface area contributed by atoms with Crippen molar-refractivity contribution in [2.75, 3.05) is 12.8 Å². The minimum Gasteiger partial charge on any atom is -0.451 e. The molecule has 0 saturated carbocycles. The lowest BCUT2D eigenvalue weighted by atomic mass is 10.3. The SMILES string of the molecule is CCCCn1c(=O)c2c(N)nn(C(=O)OC)c2n(CCCC)c1=O. The summed E-state index contributed by atoms with van der Waals surface area (Å²) in [6.45, 7) is 4.63. The van der Waals surface area contributed by atoms with E-state index >= 15 is 0 Å². The van der Waals surface area contributed by atoms with Gasteiger partial charge in [-0.1, -0.05) is 26.7 Å². The second kappa shape index (κ2) is 7.33. The molecular weight excluding hydrogens is 314 g/mol. The monoisotopic (exact) mass is 337 g/mol. The maximum atomic E-state index is 12.8. The van der Waals surface area contributed by atoms with Crippen LogP contribution in [-0.4, -0.2) is 32.1 Å². The Morgan fingerprint density at radius 3 is 2.25 bits per heavy atom. The number of fused-ring (bicyclic) bond motifs is 1. The normalized spacial score (nSPS) is 11.1. The van der Waals surface area contributed by atoms with Gasteiger partial charge in [-0.05, 0) is 12.8 Å². The number of nitrogens with two attached hydrogens (primary N) is 1. The van der Waals surface area contributed by atoms with Crippen molar-refractivity contribution in [2.24, 2.45) is 0 Å². The van der Waals surface area contributed by atoms with Crippen LogP contribution in [0.5, 0.6) is 0 Å². The molecule has 2 heterocycles. The first-order chi connectivity index (χ1) is 11.5. The van der Waals surface area contributed by atoms with E-state index in [1.807, 2.05) is 13.8 Å². The third-order valence-electron chi connectivity index (χ3n) is 3.88. The topological polar surface area (TPSA) is 114 Å². The molecule has 0 aliphatic heterocycles. The van der Waals surface area contributed by atoms with E-state index in [1.54, 1.807) is 0 Å². The van der Waals surface area contributed by atoms with Crippen LogP contribution in [0.4, 0.5) is 10.6 Å². The van der Waals surface area contributed by atoms with E-state index in [-0.39, 0.29) is 16.9 Å². The number of rotatable bonds is 6. The van der Waals surface area contributed by atoms with E-state index in [1.165, 1.54) is 16.2 Å². The maximum Gasteiger partial charge on any atom is 0.436 e. The second-order valence-electron chi connectivity index (χ2n) is 5.56. The van der Waals surface area contributed by atoms with E-state index in [2.05, 4.69) is 9.84 Å². The van der Waals surface area contributed by atoms with Crippen molar-refractivity contribution < 1.29 is 9.53 Å². The smallest absolute Gasteiger partial charge is 0.436 e.